The molecule has 0 aromatic heterocycles. The standard InChI is InChI=1S/C22H21NO5/c24-20(25)22-13-23(11-14(22)9-10-28-22)21(26)27-12-19-17-7-3-1-5-15(17)16-6-2-4-8-18(16)19/h1-8,14,19H,9-13H2,(H,24,25)/t14-,22+/m1/s1. The van der Waals surface area contributed by atoms with Gasteiger partial charge < -0.3 is 19.5 Å². The Labute approximate surface area is 162 Å². The van der Waals surface area contributed by atoms with Gasteiger partial charge in [-0.2, -0.15) is 0 Å². The van der Waals surface area contributed by atoms with E-state index in [0.717, 1.165) is 11.1 Å². The van der Waals surface area contributed by atoms with Crippen LogP contribution in [0.4, 0.5) is 4.79 Å². The molecule has 3 aliphatic rings. The Balaban J connectivity index is 1.32. The molecule has 6 nitrogen and oxygen atoms in total. The number of fused-ring (bicyclic) bond motifs is 4. The van der Waals surface area contributed by atoms with Crippen LogP contribution in [0.1, 0.15) is 23.5 Å². The average Bonchev–Trinajstić information content (AvgIpc) is 3.36. The summed E-state index contributed by atoms with van der Waals surface area (Å²) in [7, 11) is 0. The molecule has 2 aromatic carbocycles. The topological polar surface area (TPSA) is 76.1 Å². The van der Waals surface area contributed by atoms with Crippen molar-refractivity contribution in [2.45, 2.75) is 17.9 Å². The summed E-state index contributed by atoms with van der Waals surface area (Å²) in [6, 6.07) is 16.3. The van der Waals surface area contributed by atoms with Crippen LogP contribution < -0.4 is 0 Å². The van der Waals surface area contributed by atoms with E-state index < -0.39 is 17.7 Å². The van der Waals surface area contributed by atoms with Gasteiger partial charge in [0, 0.05) is 25.0 Å². The Bertz CT molecular complexity index is 912. The molecule has 0 unspecified atom stereocenters. The molecule has 6 heteroatoms. The van der Waals surface area contributed by atoms with Gasteiger partial charge in [-0.3, -0.25) is 0 Å². The number of carboxylic acids is 1. The number of hydrogen-bond donors (Lipinski definition) is 1. The lowest BCUT2D eigenvalue weighted by atomic mass is 9.91. The van der Waals surface area contributed by atoms with E-state index in [0.29, 0.717) is 19.6 Å². The van der Waals surface area contributed by atoms with Crippen LogP contribution in [0.15, 0.2) is 48.5 Å². The molecule has 1 N–H and O–H groups in total. The van der Waals surface area contributed by atoms with Crippen LogP contribution in [-0.2, 0) is 14.3 Å². The highest BCUT2D eigenvalue weighted by atomic mass is 16.6. The molecule has 0 saturated carbocycles. The molecule has 28 heavy (non-hydrogen) atoms. The number of carbonyl (C=O) groups is 2. The molecule has 0 bridgehead atoms. The maximum absolute atomic E-state index is 12.7. The Morgan fingerprint density at radius 2 is 1.75 bits per heavy atom. The fourth-order valence-corrected chi connectivity index (χ4v) is 4.89. The summed E-state index contributed by atoms with van der Waals surface area (Å²) in [6.07, 6.45) is 0.180. The van der Waals surface area contributed by atoms with Gasteiger partial charge >= 0.3 is 12.1 Å². The van der Waals surface area contributed by atoms with Crippen LogP contribution in [-0.4, -0.2) is 54.0 Å². The maximum atomic E-state index is 12.7. The van der Waals surface area contributed by atoms with Crippen LogP contribution in [0.5, 0.6) is 0 Å². The summed E-state index contributed by atoms with van der Waals surface area (Å²) in [5, 5.41) is 9.59. The number of rotatable bonds is 3. The Morgan fingerprint density at radius 1 is 1.11 bits per heavy atom. The van der Waals surface area contributed by atoms with Crippen molar-refractivity contribution in [3.8, 4) is 11.1 Å². The van der Waals surface area contributed by atoms with Gasteiger partial charge in [0.15, 0.2) is 5.60 Å². The van der Waals surface area contributed by atoms with E-state index in [9.17, 15) is 14.7 Å². The van der Waals surface area contributed by atoms with Crippen molar-refractivity contribution in [3.63, 3.8) is 0 Å². The number of nitrogens with zero attached hydrogens (tertiary/aromatic N) is 1. The molecule has 2 atom stereocenters. The highest BCUT2D eigenvalue weighted by molar-refractivity contribution is 5.82. The number of benzene rings is 2. The van der Waals surface area contributed by atoms with Gasteiger partial charge in [-0.1, -0.05) is 48.5 Å². The van der Waals surface area contributed by atoms with E-state index in [2.05, 4.69) is 24.3 Å². The average molecular weight is 379 g/mol. The Kier molecular flexibility index (Phi) is 3.91. The second-order valence-corrected chi connectivity index (χ2v) is 7.71. The molecule has 2 saturated heterocycles. The number of carbonyl (C=O) groups excluding carboxylic acids is 1. The Hall–Kier alpha value is -2.86. The van der Waals surface area contributed by atoms with Crippen LogP contribution >= 0.6 is 0 Å². The molecule has 1 amide bonds. The SMILES string of the molecule is O=C(OCC1c2ccccc2-c2ccccc21)N1C[C@H]2CCO[C@@]2(C(=O)O)C1. The first kappa shape index (κ1) is 17.3. The van der Waals surface area contributed by atoms with E-state index in [-0.39, 0.29) is 25.0 Å². The highest BCUT2D eigenvalue weighted by Gasteiger charge is 2.58. The largest absolute Gasteiger partial charge is 0.479 e. The zero-order valence-electron chi connectivity index (χ0n) is 15.3. The van der Waals surface area contributed by atoms with E-state index in [1.165, 1.54) is 16.0 Å². The fourth-order valence-electron chi connectivity index (χ4n) is 4.89. The molecular weight excluding hydrogens is 358 g/mol. The van der Waals surface area contributed by atoms with E-state index in [1.807, 2.05) is 24.3 Å². The first-order valence-electron chi connectivity index (χ1n) is 9.57. The number of ether oxygens (including phenoxy) is 2. The molecule has 2 aliphatic heterocycles. The van der Waals surface area contributed by atoms with Crippen LogP contribution in [0.2, 0.25) is 0 Å². The molecular formula is C22H21NO5. The highest BCUT2D eigenvalue weighted by Crippen LogP contribution is 2.45. The summed E-state index contributed by atoms with van der Waals surface area (Å²) < 4.78 is 11.2. The van der Waals surface area contributed by atoms with Gasteiger partial charge in [0.2, 0.25) is 0 Å². The van der Waals surface area contributed by atoms with Gasteiger partial charge in [0.25, 0.3) is 0 Å². The second-order valence-electron chi connectivity index (χ2n) is 7.71. The molecule has 0 radical (unpaired) electrons. The van der Waals surface area contributed by atoms with Crippen LogP contribution in [0.25, 0.3) is 11.1 Å². The monoisotopic (exact) mass is 379 g/mol. The first-order valence-corrected chi connectivity index (χ1v) is 9.57. The summed E-state index contributed by atoms with van der Waals surface area (Å²) in [4.78, 5) is 25.9. The number of aliphatic carboxylic acids is 1. The third-order valence-corrected chi connectivity index (χ3v) is 6.31. The first-order chi connectivity index (χ1) is 13.6. The van der Waals surface area contributed by atoms with Crippen molar-refractivity contribution in [1.29, 1.82) is 0 Å². The van der Waals surface area contributed by atoms with Crippen molar-refractivity contribution in [1.82, 2.24) is 4.90 Å². The van der Waals surface area contributed by atoms with E-state index in [4.69, 9.17) is 9.47 Å². The molecule has 144 valence electrons. The predicted molar refractivity (Wildman–Crippen MR) is 101 cm³/mol. The lowest BCUT2D eigenvalue weighted by Crippen LogP contribution is -2.45. The number of carboxylic acid groups (broad SMARTS) is 1. The van der Waals surface area contributed by atoms with Crippen molar-refractivity contribution in [2.24, 2.45) is 5.92 Å². The van der Waals surface area contributed by atoms with Crippen molar-refractivity contribution >= 4 is 12.1 Å². The molecule has 2 aromatic rings. The van der Waals surface area contributed by atoms with Gasteiger partial charge in [-0.15, -0.1) is 0 Å². The van der Waals surface area contributed by atoms with Crippen LogP contribution in [0.3, 0.4) is 0 Å². The van der Waals surface area contributed by atoms with Gasteiger partial charge in [-0.05, 0) is 28.7 Å². The summed E-state index contributed by atoms with van der Waals surface area (Å²) >= 11 is 0. The summed E-state index contributed by atoms with van der Waals surface area (Å²) in [6.45, 7) is 1.07. The number of hydrogen-bond acceptors (Lipinski definition) is 4. The minimum atomic E-state index is -1.27. The van der Waals surface area contributed by atoms with Crippen molar-refractivity contribution in [2.75, 3.05) is 26.3 Å². The second kappa shape index (κ2) is 6.34. The fraction of sp³-hybridized carbons (Fsp3) is 0.364. The van der Waals surface area contributed by atoms with E-state index in [1.54, 1.807) is 0 Å². The third kappa shape index (κ3) is 2.44. The predicted octanol–water partition coefficient (Wildman–Crippen LogP) is 3.11. The van der Waals surface area contributed by atoms with Crippen molar-refractivity contribution in [3.05, 3.63) is 59.7 Å². The quantitative estimate of drug-likeness (QED) is 0.887. The van der Waals surface area contributed by atoms with Gasteiger partial charge in [0.05, 0.1) is 6.54 Å². The lowest BCUT2D eigenvalue weighted by molar-refractivity contribution is -0.160. The summed E-state index contributed by atoms with van der Waals surface area (Å²) in [5.41, 5.74) is 3.38. The smallest absolute Gasteiger partial charge is 0.409 e. The lowest BCUT2D eigenvalue weighted by Gasteiger charge is -2.23. The number of likely N-dealkylation sites (tertiary alicyclic amines) is 1. The minimum absolute atomic E-state index is 0.0110. The number of amides is 1. The third-order valence-electron chi connectivity index (χ3n) is 6.31. The van der Waals surface area contributed by atoms with Crippen molar-refractivity contribution < 1.29 is 24.2 Å². The normalized spacial score (nSPS) is 25.3. The minimum Gasteiger partial charge on any atom is -0.479 e. The Morgan fingerprint density at radius 3 is 2.36 bits per heavy atom. The molecule has 2 fully saturated rings. The molecule has 2 heterocycles. The molecule has 1 aliphatic carbocycles. The molecule has 5 rings (SSSR count). The zero-order chi connectivity index (χ0) is 19.3. The van der Waals surface area contributed by atoms with E-state index >= 15 is 0 Å². The van der Waals surface area contributed by atoms with Crippen LogP contribution in [0, 0.1) is 5.92 Å². The molecule has 0 spiro atoms. The summed E-state index contributed by atoms with van der Waals surface area (Å²) in [5.74, 6) is -1.18. The zero-order valence-corrected chi connectivity index (χ0v) is 15.3. The van der Waals surface area contributed by atoms with Gasteiger partial charge in [0.1, 0.15) is 6.61 Å². The van der Waals surface area contributed by atoms with Gasteiger partial charge in [-0.25, -0.2) is 9.59 Å². The maximum Gasteiger partial charge on any atom is 0.409 e.